The van der Waals surface area contributed by atoms with Crippen molar-refractivity contribution in [2.75, 3.05) is 13.2 Å². The number of benzene rings is 1. The van der Waals surface area contributed by atoms with Crippen LogP contribution in [0.15, 0.2) is 18.2 Å². The molecule has 12 heteroatoms. The summed E-state index contributed by atoms with van der Waals surface area (Å²) in [5.74, 6) is -0.968. The van der Waals surface area contributed by atoms with Gasteiger partial charge in [-0.25, -0.2) is 14.4 Å². The Morgan fingerprint density at radius 1 is 0.806 bits per heavy atom. The van der Waals surface area contributed by atoms with Crippen LogP contribution >= 0.6 is 0 Å². The Kier molecular flexibility index (Phi) is 13.1. The highest BCUT2D eigenvalue weighted by molar-refractivity contribution is 5.76. The van der Waals surface area contributed by atoms with Crippen molar-refractivity contribution in [2.24, 2.45) is 5.73 Å². The number of hydrogen-bond donors (Lipinski definition) is 1. The van der Waals surface area contributed by atoms with Crippen LogP contribution in [0.3, 0.4) is 0 Å². The summed E-state index contributed by atoms with van der Waals surface area (Å²) in [4.78, 5) is 47.7. The van der Waals surface area contributed by atoms with Crippen LogP contribution in [0.2, 0.25) is 0 Å². The molecule has 0 heterocycles. The van der Waals surface area contributed by atoms with Crippen LogP contribution < -0.4 is 15.2 Å². The second kappa shape index (κ2) is 15.5. The Labute approximate surface area is 210 Å². The SMILES string of the molecule is CCCOC(=O)OC[C@H](C)OC(=O)[C@@H](N)Cc1ccc(OC(=O)OC(C)C)c(OC(=O)OC(C)C)c1. The molecule has 0 fully saturated rings. The van der Waals surface area contributed by atoms with Gasteiger partial charge in [-0.1, -0.05) is 13.0 Å². The largest absolute Gasteiger partial charge is 0.514 e. The van der Waals surface area contributed by atoms with Crippen LogP contribution in [0.4, 0.5) is 14.4 Å². The zero-order chi connectivity index (χ0) is 27.3. The summed E-state index contributed by atoms with van der Waals surface area (Å²) in [7, 11) is 0. The van der Waals surface area contributed by atoms with Crippen LogP contribution in [-0.2, 0) is 34.9 Å². The Bertz CT molecular complexity index is 885. The number of nitrogens with two attached hydrogens (primary N) is 1. The minimum atomic E-state index is -1.09. The molecule has 0 saturated carbocycles. The van der Waals surface area contributed by atoms with Gasteiger partial charge in [-0.3, -0.25) is 4.79 Å². The van der Waals surface area contributed by atoms with Crippen molar-refractivity contribution in [1.82, 2.24) is 0 Å². The molecular weight excluding hydrogens is 478 g/mol. The Morgan fingerprint density at radius 3 is 1.94 bits per heavy atom. The van der Waals surface area contributed by atoms with Crippen molar-refractivity contribution in [1.29, 1.82) is 0 Å². The lowest BCUT2D eigenvalue weighted by molar-refractivity contribution is -0.152. The van der Waals surface area contributed by atoms with Crippen molar-refractivity contribution in [3.63, 3.8) is 0 Å². The first-order valence-electron chi connectivity index (χ1n) is 11.6. The van der Waals surface area contributed by atoms with Gasteiger partial charge in [-0.05, 0) is 65.2 Å². The summed E-state index contributed by atoms with van der Waals surface area (Å²) in [5, 5.41) is 0. The molecule has 0 spiro atoms. The first-order chi connectivity index (χ1) is 16.9. The van der Waals surface area contributed by atoms with E-state index in [0.29, 0.717) is 12.0 Å². The lowest BCUT2D eigenvalue weighted by Crippen LogP contribution is -2.37. The summed E-state index contributed by atoms with van der Waals surface area (Å²) in [6.07, 6.45) is -3.84. The van der Waals surface area contributed by atoms with Crippen molar-refractivity contribution >= 4 is 24.4 Å². The van der Waals surface area contributed by atoms with E-state index in [-0.39, 0.29) is 31.1 Å². The van der Waals surface area contributed by atoms with Gasteiger partial charge in [0, 0.05) is 0 Å². The van der Waals surface area contributed by atoms with E-state index in [9.17, 15) is 19.2 Å². The van der Waals surface area contributed by atoms with E-state index in [0.717, 1.165) is 0 Å². The first-order valence-corrected chi connectivity index (χ1v) is 11.6. The molecule has 0 radical (unpaired) electrons. The normalized spacial score (nSPS) is 12.4. The average molecular weight is 514 g/mol. The summed E-state index contributed by atoms with van der Waals surface area (Å²) >= 11 is 0. The van der Waals surface area contributed by atoms with Gasteiger partial charge in [0.25, 0.3) is 0 Å². The number of ether oxygens (including phenoxy) is 7. The maximum absolute atomic E-state index is 12.4. The molecule has 1 aromatic carbocycles. The average Bonchev–Trinajstić information content (AvgIpc) is 2.76. The summed E-state index contributed by atoms with van der Waals surface area (Å²) in [6, 6.07) is 3.18. The van der Waals surface area contributed by atoms with Gasteiger partial charge in [0.1, 0.15) is 18.8 Å². The highest BCUT2D eigenvalue weighted by Crippen LogP contribution is 2.30. The molecule has 0 aromatic heterocycles. The topological polar surface area (TPSA) is 159 Å². The lowest BCUT2D eigenvalue weighted by Gasteiger charge is -2.18. The van der Waals surface area contributed by atoms with E-state index in [1.807, 2.05) is 6.92 Å². The summed E-state index contributed by atoms with van der Waals surface area (Å²) < 4.78 is 35.1. The number of carbonyl (C=O) groups is 4. The maximum Gasteiger partial charge on any atom is 0.514 e. The first kappa shape index (κ1) is 30.5. The van der Waals surface area contributed by atoms with Crippen LogP contribution in [0, 0.1) is 0 Å². The Morgan fingerprint density at radius 2 is 1.39 bits per heavy atom. The van der Waals surface area contributed by atoms with Gasteiger partial charge in [0.05, 0.1) is 18.8 Å². The number of hydrogen-bond acceptors (Lipinski definition) is 12. The maximum atomic E-state index is 12.4. The zero-order valence-corrected chi connectivity index (χ0v) is 21.4. The monoisotopic (exact) mass is 513 g/mol. The summed E-state index contributed by atoms with van der Waals surface area (Å²) in [6.45, 7) is 9.97. The molecule has 0 saturated heterocycles. The highest BCUT2D eigenvalue weighted by atomic mass is 16.8. The third-order valence-corrected chi connectivity index (χ3v) is 3.99. The fourth-order valence-corrected chi connectivity index (χ4v) is 2.53. The van der Waals surface area contributed by atoms with Crippen LogP contribution in [-0.4, -0.2) is 62.0 Å². The fraction of sp³-hybridized carbons (Fsp3) is 0.583. The van der Waals surface area contributed by atoms with Gasteiger partial charge in [0.2, 0.25) is 0 Å². The third kappa shape index (κ3) is 12.2. The van der Waals surface area contributed by atoms with E-state index in [2.05, 4.69) is 0 Å². The van der Waals surface area contributed by atoms with E-state index < -0.39 is 48.8 Å². The second-order valence-corrected chi connectivity index (χ2v) is 8.29. The quantitative estimate of drug-likeness (QED) is 0.244. The van der Waals surface area contributed by atoms with Crippen LogP contribution in [0.5, 0.6) is 11.5 Å². The molecule has 36 heavy (non-hydrogen) atoms. The molecule has 1 rings (SSSR count). The lowest BCUT2D eigenvalue weighted by atomic mass is 10.1. The molecular formula is C24H35NO11. The van der Waals surface area contributed by atoms with Gasteiger partial charge < -0.3 is 38.9 Å². The van der Waals surface area contributed by atoms with Gasteiger partial charge in [-0.2, -0.15) is 0 Å². The molecule has 0 amide bonds. The number of esters is 1. The van der Waals surface area contributed by atoms with E-state index in [1.165, 1.54) is 25.1 Å². The molecule has 2 atom stereocenters. The van der Waals surface area contributed by atoms with E-state index in [1.54, 1.807) is 27.7 Å². The molecule has 0 aliphatic rings. The van der Waals surface area contributed by atoms with E-state index >= 15 is 0 Å². The number of rotatable bonds is 12. The Hall–Kier alpha value is -3.54. The Balaban J connectivity index is 2.84. The van der Waals surface area contributed by atoms with Gasteiger partial charge in [0.15, 0.2) is 11.5 Å². The molecule has 0 aliphatic heterocycles. The van der Waals surface area contributed by atoms with Crippen LogP contribution in [0.1, 0.15) is 53.5 Å². The molecule has 2 N–H and O–H groups in total. The smallest absolute Gasteiger partial charge is 0.458 e. The highest BCUT2D eigenvalue weighted by Gasteiger charge is 2.22. The van der Waals surface area contributed by atoms with Gasteiger partial charge >= 0.3 is 24.4 Å². The molecule has 202 valence electrons. The predicted molar refractivity (Wildman–Crippen MR) is 126 cm³/mol. The standard InChI is InChI=1S/C24H35NO11/c1-7-10-30-22(27)31-13-16(6)34-21(26)18(25)11-17-8-9-19(35-23(28)32-14(2)3)20(12-17)36-24(29)33-15(4)5/h8-9,12,14-16,18H,7,10-11,13,25H2,1-6H3/t16-,18-/m0/s1. The minimum Gasteiger partial charge on any atom is -0.458 e. The van der Waals surface area contributed by atoms with Crippen molar-refractivity contribution in [2.45, 2.75) is 78.7 Å². The fourth-order valence-electron chi connectivity index (χ4n) is 2.53. The molecule has 0 bridgehead atoms. The molecule has 12 nitrogen and oxygen atoms in total. The van der Waals surface area contributed by atoms with Crippen molar-refractivity contribution in [3.8, 4) is 11.5 Å². The minimum absolute atomic E-state index is 0.00272. The van der Waals surface area contributed by atoms with E-state index in [4.69, 9.17) is 38.9 Å². The van der Waals surface area contributed by atoms with Gasteiger partial charge in [-0.15, -0.1) is 0 Å². The molecule has 0 aliphatic carbocycles. The van der Waals surface area contributed by atoms with Crippen LogP contribution in [0.25, 0.3) is 0 Å². The summed E-state index contributed by atoms with van der Waals surface area (Å²) in [5.41, 5.74) is 6.44. The number of carbonyl (C=O) groups excluding carboxylic acids is 4. The zero-order valence-electron chi connectivity index (χ0n) is 21.4. The predicted octanol–water partition coefficient (Wildman–Crippen LogP) is 3.90. The van der Waals surface area contributed by atoms with Crippen molar-refractivity contribution in [3.05, 3.63) is 23.8 Å². The third-order valence-electron chi connectivity index (χ3n) is 3.99. The van der Waals surface area contributed by atoms with Crippen molar-refractivity contribution < 1.29 is 52.3 Å². The second-order valence-electron chi connectivity index (χ2n) is 8.29. The molecule has 0 unspecified atom stereocenters. The molecule has 1 aromatic rings.